The monoisotopic (exact) mass is 321 g/mol. The number of aryl methyl sites for hydroxylation is 2. The van der Waals surface area contributed by atoms with Crippen molar-refractivity contribution in [3.63, 3.8) is 0 Å². The summed E-state index contributed by atoms with van der Waals surface area (Å²) in [6.07, 6.45) is 6.55. The Kier molecular flexibility index (Phi) is 4.51. The number of nitrogens with two attached hydrogens (primary N) is 1. The minimum atomic E-state index is 0.752. The SMILES string of the molecule is CCCN(c1ccc(-c2ccc(C)nc2C)c(N)c1)n1ccnc1. The van der Waals surface area contributed by atoms with Crippen LogP contribution in [0.5, 0.6) is 0 Å². The number of hydrogen-bond acceptors (Lipinski definition) is 4. The second-order valence-corrected chi connectivity index (χ2v) is 5.92. The molecule has 0 bridgehead atoms. The van der Waals surface area contributed by atoms with Gasteiger partial charge < -0.3 is 5.73 Å². The highest BCUT2D eigenvalue weighted by atomic mass is 15.5. The molecule has 1 aromatic carbocycles. The molecule has 24 heavy (non-hydrogen) atoms. The Balaban J connectivity index is 2.00. The number of aromatic nitrogens is 3. The molecule has 2 aromatic heterocycles. The van der Waals surface area contributed by atoms with Crippen molar-refractivity contribution < 1.29 is 0 Å². The third-order valence-electron chi connectivity index (χ3n) is 4.05. The van der Waals surface area contributed by atoms with Crippen molar-refractivity contribution in [2.24, 2.45) is 0 Å². The van der Waals surface area contributed by atoms with Gasteiger partial charge in [-0.05, 0) is 38.5 Å². The molecular formula is C19H23N5. The number of nitrogen functional groups attached to an aromatic ring is 1. The van der Waals surface area contributed by atoms with Gasteiger partial charge in [-0.1, -0.05) is 19.1 Å². The summed E-state index contributed by atoms with van der Waals surface area (Å²) in [4.78, 5) is 8.68. The molecule has 0 radical (unpaired) electrons. The van der Waals surface area contributed by atoms with Crippen LogP contribution in [0.4, 0.5) is 11.4 Å². The van der Waals surface area contributed by atoms with Crippen molar-refractivity contribution in [3.8, 4) is 11.1 Å². The normalized spacial score (nSPS) is 10.8. The van der Waals surface area contributed by atoms with Crippen LogP contribution in [0.25, 0.3) is 11.1 Å². The van der Waals surface area contributed by atoms with Gasteiger partial charge in [-0.25, -0.2) is 9.66 Å². The number of nitrogens with zero attached hydrogens (tertiary/aromatic N) is 4. The second kappa shape index (κ2) is 6.74. The molecule has 0 atom stereocenters. The van der Waals surface area contributed by atoms with Crippen molar-refractivity contribution >= 4 is 11.4 Å². The molecule has 2 heterocycles. The lowest BCUT2D eigenvalue weighted by atomic mass is 10.0. The topological polar surface area (TPSA) is 60.0 Å². The van der Waals surface area contributed by atoms with E-state index in [0.717, 1.165) is 46.9 Å². The Labute approximate surface area is 142 Å². The first kappa shape index (κ1) is 16.1. The maximum absolute atomic E-state index is 6.37. The molecule has 0 aliphatic carbocycles. The second-order valence-electron chi connectivity index (χ2n) is 5.92. The molecule has 124 valence electrons. The van der Waals surface area contributed by atoms with E-state index in [1.54, 1.807) is 12.5 Å². The van der Waals surface area contributed by atoms with Crippen LogP contribution in [0.3, 0.4) is 0 Å². The fourth-order valence-corrected chi connectivity index (χ4v) is 2.91. The minimum absolute atomic E-state index is 0.752. The number of imidazole rings is 1. The highest BCUT2D eigenvalue weighted by Gasteiger charge is 2.12. The molecule has 0 spiro atoms. The van der Waals surface area contributed by atoms with E-state index in [1.165, 1.54) is 0 Å². The van der Waals surface area contributed by atoms with Gasteiger partial charge >= 0.3 is 0 Å². The van der Waals surface area contributed by atoms with Crippen LogP contribution >= 0.6 is 0 Å². The fraction of sp³-hybridized carbons (Fsp3) is 0.263. The van der Waals surface area contributed by atoms with Crippen molar-refractivity contribution in [1.82, 2.24) is 14.6 Å². The Morgan fingerprint density at radius 2 is 1.92 bits per heavy atom. The van der Waals surface area contributed by atoms with Crippen LogP contribution in [-0.2, 0) is 0 Å². The van der Waals surface area contributed by atoms with Crippen LogP contribution < -0.4 is 10.7 Å². The Morgan fingerprint density at radius 1 is 1.12 bits per heavy atom. The van der Waals surface area contributed by atoms with E-state index in [2.05, 4.69) is 40.1 Å². The van der Waals surface area contributed by atoms with Crippen LogP contribution in [-0.4, -0.2) is 21.2 Å². The molecule has 0 fully saturated rings. The van der Waals surface area contributed by atoms with Crippen LogP contribution in [0, 0.1) is 13.8 Å². The molecule has 0 amide bonds. The van der Waals surface area contributed by atoms with Crippen molar-refractivity contribution in [2.45, 2.75) is 27.2 Å². The number of rotatable bonds is 5. The fourth-order valence-electron chi connectivity index (χ4n) is 2.91. The summed E-state index contributed by atoms with van der Waals surface area (Å²) in [5.74, 6) is 0. The Hall–Kier alpha value is -2.82. The van der Waals surface area contributed by atoms with Crippen LogP contribution in [0.1, 0.15) is 24.7 Å². The maximum atomic E-state index is 6.37. The first-order chi connectivity index (χ1) is 11.6. The van der Waals surface area contributed by atoms with Gasteiger partial charge in [-0.3, -0.25) is 9.99 Å². The molecule has 5 nitrogen and oxygen atoms in total. The zero-order chi connectivity index (χ0) is 17.1. The van der Waals surface area contributed by atoms with Crippen LogP contribution in [0.2, 0.25) is 0 Å². The molecule has 3 aromatic rings. The molecular weight excluding hydrogens is 298 g/mol. The first-order valence-corrected chi connectivity index (χ1v) is 8.20. The maximum Gasteiger partial charge on any atom is 0.114 e. The first-order valence-electron chi connectivity index (χ1n) is 8.20. The van der Waals surface area contributed by atoms with E-state index in [4.69, 9.17) is 5.73 Å². The minimum Gasteiger partial charge on any atom is -0.398 e. The van der Waals surface area contributed by atoms with Gasteiger partial charge in [0.25, 0.3) is 0 Å². The Bertz CT molecular complexity index is 824. The molecule has 0 aliphatic heterocycles. The smallest absolute Gasteiger partial charge is 0.114 e. The number of hydrogen-bond donors (Lipinski definition) is 1. The lowest BCUT2D eigenvalue weighted by Gasteiger charge is -2.25. The zero-order valence-corrected chi connectivity index (χ0v) is 14.4. The van der Waals surface area contributed by atoms with E-state index in [0.29, 0.717) is 0 Å². The van der Waals surface area contributed by atoms with E-state index < -0.39 is 0 Å². The molecule has 0 saturated carbocycles. The van der Waals surface area contributed by atoms with Gasteiger partial charge in [0.2, 0.25) is 0 Å². The van der Waals surface area contributed by atoms with E-state index in [1.807, 2.05) is 36.9 Å². The quantitative estimate of drug-likeness (QED) is 0.726. The highest BCUT2D eigenvalue weighted by molar-refractivity contribution is 5.80. The molecule has 0 aliphatic rings. The predicted molar refractivity (Wildman–Crippen MR) is 98.8 cm³/mol. The van der Waals surface area contributed by atoms with E-state index >= 15 is 0 Å². The summed E-state index contributed by atoms with van der Waals surface area (Å²) in [5, 5.41) is 2.16. The van der Waals surface area contributed by atoms with Crippen molar-refractivity contribution in [3.05, 3.63) is 60.4 Å². The third-order valence-corrected chi connectivity index (χ3v) is 4.05. The molecule has 2 N–H and O–H groups in total. The molecule has 3 rings (SSSR count). The lowest BCUT2D eigenvalue weighted by molar-refractivity contribution is 0.675. The largest absolute Gasteiger partial charge is 0.398 e. The average Bonchev–Trinajstić information content (AvgIpc) is 3.07. The van der Waals surface area contributed by atoms with Gasteiger partial charge in [-0.2, -0.15) is 0 Å². The van der Waals surface area contributed by atoms with Gasteiger partial charge in [-0.15, -0.1) is 0 Å². The van der Waals surface area contributed by atoms with Gasteiger partial charge in [0.1, 0.15) is 6.33 Å². The molecule has 0 saturated heterocycles. The summed E-state index contributed by atoms with van der Waals surface area (Å²) in [7, 11) is 0. The molecule has 0 unspecified atom stereocenters. The summed E-state index contributed by atoms with van der Waals surface area (Å²) in [5.41, 5.74) is 12.3. The summed E-state index contributed by atoms with van der Waals surface area (Å²) in [6, 6.07) is 10.3. The summed E-state index contributed by atoms with van der Waals surface area (Å²) in [6.45, 7) is 7.06. The number of benzene rings is 1. The predicted octanol–water partition coefficient (Wildman–Crippen LogP) is 3.82. The lowest BCUT2D eigenvalue weighted by Crippen LogP contribution is -2.29. The Morgan fingerprint density at radius 3 is 2.54 bits per heavy atom. The van der Waals surface area contributed by atoms with Gasteiger partial charge in [0.15, 0.2) is 0 Å². The molecule has 5 heteroatoms. The van der Waals surface area contributed by atoms with Gasteiger partial charge in [0, 0.05) is 47.1 Å². The summed E-state index contributed by atoms with van der Waals surface area (Å²) < 4.78 is 1.98. The highest BCUT2D eigenvalue weighted by Crippen LogP contribution is 2.31. The van der Waals surface area contributed by atoms with Crippen molar-refractivity contribution in [2.75, 3.05) is 17.3 Å². The third kappa shape index (κ3) is 3.11. The van der Waals surface area contributed by atoms with Crippen LogP contribution in [0.15, 0.2) is 49.1 Å². The number of anilines is 2. The zero-order valence-electron chi connectivity index (χ0n) is 14.4. The average molecular weight is 321 g/mol. The van der Waals surface area contributed by atoms with E-state index in [-0.39, 0.29) is 0 Å². The van der Waals surface area contributed by atoms with Crippen molar-refractivity contribution in [1.29, 1.82) is 0 Å². The van der Waals surface area contributed by atoms with Gasteiger partial charge in [0.05, 0.1) is 5.69 Å². The van der Waals surface area contributed by atoms with E-state index in [9.17, 15) is 0 Å². The standard InChI is InChI=1S/C19H23N5/c1-4-10-24(23-11-9-21-13-23)16-6-8-18(19(20)12-16)17-7-5-14(2)22-15(17)3/h5-9,11-13H,4,10,20H2,1-3H3. The number of pyridine rings is 1. The summed E-state index contributed by atoms with van der Waals surface area (Å²) >= 11 is 0.